The SMILES string of the molecule is CCP1(=O)C(C)=CC1(C)C. The Balaban J connectivity index is 3.04. The largest absolute Gasteiger partial charge is 0.318 e. The molecule has 1 rings (SSSR count). The predicted octanol–water partition coefficient (Wildman–Crippen LogP) is 3.07. The van der Waals surface area contributed by atoms with E-state index in [1.807, 2.05) is 13.8 Å². The first-order valence-electron chi connectivity index (χ1n) is 3.73. The lowest BCUT2D eigenvalue weighted by atomic mass is 10.2. The molecule has 0 aromatic carbocycles. The van der Waals surface area contributed by atoms with Crippen LogP contribution in [0.15, 0.2) is 11.4 Å². The average molecular weight is 158 g/mol. The molecule has 0 saturated carbocycles. The smallest absolute Gasteiger partial charge is 0.119 e. The molecule has 0 spiro atoms. The van der Waals surface area contributed by atoms with Crippen molar-refractivity contribution in [3.05, 3.63) is 11.4 Å². The molecule has 0 fully saturated rings. The van der Waals surface area contributed by atoms with Crippen molar-refractivity contribution in [3.8, 4) is 0 Å². The van der Waals surface area contributed by atoms with Gasteiger partial charge in [0.1, 0.15) is 7.14 Å². The maximum atomic E-state index is 12.0. The van der Waals surface area contributed by atoms with Crippen LogP contribution in [0.3, 0.4) is 0 Å². The quantitative estimate of drug-likeness (QED) is 0.536. The molecular weight excluding hydrogens is 143 g/mol. The first-order valence-corrected chi connectivity index (χ1v) is 5.62. The molecule has 0 aliphatic carbocycles. The fraction of sp³-hybridized carbons (Fsp3) is 0.750. The highest BCUT2D eigenvalue weighted by Gasteiger charge is 2.46. The first-order chi connectivity index (χ1) is 4.44. The number of rotatable bonds is 1. The minimum absolute atomic E-state index is 0.00810. The zero-order valence-electron chi connectivity index (χ0n) is 7.14. The van der Waals surface area contributed by atoms with Gasteiger partial charge in [-0.1, -0.05) is 13.0 Å². The van der Waals surface area contributed by atoms with Gasteiger partial charge in [0.15, 0.2) is 0 Å². The third kappa shape index (κ3) is 0.734. The second-order valence-electron chi connectivity index (χ2n) is 3.50. The fourth-order valence-electron chi connectivity index (χ4n) is 1.77. The molecule has 0 saturated heterocycles. The molecule has 0 aromatic rings. The van der Waals surface area contributed by atoms with Crippen molar-refractivity contribution in [2.75, 3.05) is 6.16 Å². The van der Waals surface area contributed by atoms with Crippen LogP contribution >= 0.6 is 7.14 Å². The van der Waals surface area contributed by atoms with Gasteiger partial charge >= 0.3 is 0 Å². The van der Waals surface area contributed by atoms with Gasteiger partial charge in [-0.15, -0.1) is 0 Å². The third-order valence-electron chi connectivity index (χ3n) is 2.51. The maximum Gasteiger partial charge on any atom is 0.119 e. The molecule has 1 unspecified atom stereocenters. The monoisotopic (exact) mass is 158 g/mol. The van der Waals surface area contributed by atoms with Crippen molar-refractivity contribution in [2.24, 2.45) is 0 Å². The maximum absolute atomic E-state index is 12.0. The van der Waals surface area contributed by atoms with Crippen LogP contribution in [0.25, 0.3) is 0 Å². The molecule has 58 valence electrons. The predicted molar refractivity (Wildman–Crippen MR) is 46.0 cm³/mol. The van der Waals surface area contributed by atoms with Crippen LogP contribution in [0.1, 0.15) is 27.7 Å². The molecule has 1 nitrogen and oxygen atoms in total. The summed E-state index contributed by atoms with van der Waals surface area (Å²) in [7, 11) is -1.91. The van der Waals surface area contributed by atoms with Crippen LogP contribution in [0.4, 0.5) is 0 Å². The van der Waals surface area contributed by atoms with Crippen LogP contribution in [-0.4, -0.2) is 11.3 Å². The van der Waals surface area contributed by atoms with Gasteiger partial charge in [0.05, 0.1) is 0 Å². The molecule has 1 atom stereocenters. The normalized spacial score (nSPS) is 36.6. The molecule has 1 heterocycles. The summed E-state index contributed by atoms with van der Waals surface area (Å²) in [5, 5.41) is 1.12. The molecule has 1 aliphatic heterocycles. The second kappa shape index (κ2) is 1.98. The van der Waals surface area contributed by atoms with Crippen molar-refractivity contribution in [1.29, 1.82) is 0 Å². The lowest BCUT2D eigenvalue weighted by Crippen LogP contribution is -2.27. The number of hydrogen-bond donors (Lipinski definition) is 0. The summed E-state index contributed by atoms with van der Waals surface area (Å²) in [4.78, 5) is 0. The lowest BCUT2D eigenvalue weighted by Gasteiger charge is -2.41. The summed E-state index contributed by atoms with van der Waals surface area (Å²) in [5.74, 6) is 0. The molecule has 0 amide bonds. The lowest BCUT2D eigenvalue weighted by molar-refractivity contribution is 0.555. The van der Waals surface area contributed by atoms with Crippen LogP contribution < -0.4 is 0 Å². The van der Waals surface area contributed by atoms with Crippen LogP contribution in [-0.2, 0) is 4.57 Å². The van der Waals surface area contributed by atoms with E-state index in [0.29, 0.717) is 0 Å². The van der Waals surface area contributed by atoms with Crippen LogP contribution in [0.2, 0.25) is 0 Å². The third-order valence-corrected chi connectivity index (χ3v) is 6.66. The summed E-state index contributed by atoms with van der Waals surface area (Å²) < 4.78 is 12.0. The minimum Gasteiger partial charge on any atom is -0.318 e. The van der Waals surface area contributed by atoms with Gasteiger partial charge in [-0.25, -0.2) is 0 Å². The van der Waals surface area contributed by atoms with Crippen molar-refractivity contribution >= 4 is 7.14 Å². The van der Waals surface area contributed by atoms with Crippen LogP contribution in [0, 0.1) is 0 Å². The molecular formula is C8H15OP. The summed E-state index contributed by atoms with van der Waals surface area (Å²) in [6, 6.07) is 0. The van der Waals surface area contributed by atoms with E-state index < -0.39 is 7.14 Å². The average Bonchev–Trinajstić information content (AvgIpc) is 1.85. The second-order valence-corrected chi connectivity index (χ2v) is 7.47. The minimum atomic E-state index is -1.91. The Labute approximate surface area is 62.9 Å². The molecule has 0 bridgehead atoms. The van der Waals surface area contributed by atoms with Gasteiger partial charge in [-0.2, -0.15) is 0 Å². The van der Waals surface area contributed by atoms with E-state index in [1.165, 1.54) is 0 Å². The Morgan fingerprint density at radius 3 is 2.20 bits per heavy atom. The van der Waals surface area contributed by atoms with E-state index in [0.717, 1.165) is 11.5 Å². The van der Waals surface area contributed by atoms with E-state index in [4.69, 9.17) is 0 Å². The standard InChI is InChI=1S/C8H15OP/c1-5-10(9)7(2)6-8(10,3)4/h6H,5H2,1-4H3. The molecule has 2 heteroatoms. The van der Waals surface area contributed by atoms with Crippen molar-refractivity contribution < 1.29 is 4.57 Å². The van der Waals surface area contributed by atoms with Crippen LogP contribution in [0.5, 0.6) is 0 Å². The Hall–Kier alpha value is -0.0300. The number of allylic oxidation sites excluding steroid dienone is 2. The fourth-order valence-corrected chi connectivity index (χ4v) is 4.72. The molecule has 0 radical (unpaired) electrons. The van der Waals surface area contributed by atoms with Crippen molar-refractivity contribution in [2.45, 2.75) is 32.9 Å². The highest BCUT2D eigenvalue weighted by molar-refractivity contribution is 7.71. The van der Waals surface area contributed by atoms with E-state index in [1.54, 1.807) is 0 Å². The zero-order chi connectivity index (χ0) is 7.99. The van der Waals surface area contributed by atoms with Gasteiger partial charge in [0.25, 0.3) is 0 Å². The Bertz CT molecular complexity index is 225. The molecule has 10 heavy (non-hydrogen) atoms. The molecule has 0 aromatic heterocycles. The van der Waals surface area contributed by atoms with Gasteiger partial charge in [-0.3, -0.25) is 0 Å². The number of hydrogen-bond acceptors (Lipinski definition) is 1. The van der Waals surface area contributed by atoms with E-state index in [2.05, 4.69) is 19.9 Å². The highest BCUT2D eigenvalue weighted by Crippen LogP contribution is 2.71. The Morgan fingerprint density at radius 2 is 2.10 bits per heavy atom. The van der Waals surface area contributed by atoms with Crippen molar-refractivity contribution in [1.82, 2.24) is 0 Å². The summed E-state index contributed by atoms with van der Waals surface area (Å²) in [6.07, 6.45) is 2.94. The van der Waals surface area contributed by atoms with Gasteiger partial charge in [-0.05, 0) is 26.1 Å². The van der Waals surface area contributed by atoms with Gasteiger partial charge in [0, 0.05) is 11.3 Å². The van der Waals surface area contributed by atoms with Gasteiger partial charge < -0.3 is 4.57 Å². The summed E-state index contributed by atoms with van der Waals surface area (Å²) >= 11 is 0. The first kappa shape index (κ1) is 8.07. The summed E-state index contributed by atoms with van der Waals surface area (Å²) in [5.41, 5.74) is 0. The van der Waals surface area contributed by atoms with Gasteiger partial charge in [0.2, 0.25) is 0 Å². The van der Waals surface area contributed by atoms with Crippen molar-refractivity contribution in [3.63, 3.8) is 0 Å². The zero-order valence-corrected chi connectivity index (χ0v) is 8.03. The molecule has 0 N–H and O–H groups in total. The highest BCUT2D eigenvalue weighted by atomic mass is 31.2. The Morgan fingerprint density at radius 1 is 1.60 bits per heavy atom. The van der Waals surface area contributed by atoms with E-state index in [-0.39, 0.29) is 5.16 Å². The molecule has 1 aliphatic rings. The van der Waals surface area contributed by atoms with E-state index in [9.17, 15) is 4.57 Å². The Kier molecular flexibility index (Phi) is 1.60. The topological polar surface area (TPSA) is 17.1 Å². The van der Waals surface area contributed by atoms with E-state index >= 15 is 0 Å². The summed E-state index contributed by atoms with van der Waals surface area (Å²) in [6.45, 7) is 8.11.